The highest BCUT2D eigenvalue weighted by Crippen LogP contribution is 2.31. The lowest BCUT2D eigenvalue weighted by molar-refractivity contribution is -0.387. The molecule has 6 heteroatoms. The van der Waals surface area contributed by atoms with E-state index in [0.29, 0.717) is 5.92 Å². The van der Waals surface area contributed by atoms with Gasteiger partial charge in [-0.1, -0.05) is 31.7 Å². The van der Waals surface area contributed by atoms with Crippen molar-refractivity contribution in [2.45, 2.75) is 37.0 Å². The average molecular weight is 283 g/mol. The highest BCUT2D eigenvalue weighted by molar-refractivity contribution is 7.90. The van der Waals surface area contributed by atoms with E-state index in [9.17, 15) is 18.5 Å². The van der Waals surface area contributed by atoms with Crippen molar-refractivity contribution in [2.24, 2.45) is 5.92 Å². The van der Waals surface area contributed by atoms with Gasteiger partial charge < -0.3 is 0 Å². The molecule has 0 bridgehead atoms. The van der Waals surface area contributed by atoms with Crippen LogP contribution in [0, 0.1) is 16.0 Å². The van der Waals surface area contributed by atoms with Gasteiger partial charge in [-0.3, -0.25) is 10.1 Å². The first-order valence-corrected chi connectivity index (χ1v) is 8.24. The highest BCUT2D eigenvalue weighted by Gasteiger charge is 2.23. The van der Waals surface area contributed by atoms with E-state index in [1.807, 2.05) is 0 Å². The minimum atomic E-state index is -3.56. The molecular weight excluding hydrogens is 266 g/mol. The number of nitrogens with zero attached hydrogens (tertiary/aromatic N) is 1. The predicted octanol–water partition coefficient (Wildman–Crippen LogP) is 2.73. The van der Waals surface area contributed by atoms with Gasteiger partial charge in [-0.05, 0) is 24.0 Å². The van der Waals surface area contributed by atoms with Crippen LogP contribution >= 0.6 is 0 Å². The molecule has 0 heterocycles. The molecule has 0 N–H and O–H groups in total. The molecule has 19 heavy (non-hydrogen) atoms. The Morgan fingerprint density at radius 1 is 1.32 bits per heavy atom. The Hall–Kier alpha value is -1.43. The number of hydrogen-bond donors (Lipinski definition) is 0. The molecule has 0 amide bonds. The molecule has 1 aliphatic rings. The maximum atomic E-state index is 11.5. The van der Waals surface area contributed by atoms with Crippen molar-refractivity contribution < 1.29 is 13.3 Å². The Labute approximate surface area is 112 Å². The van der Waals surface area contributed by atoms with Crippen LogP contribution in [-0.4, -0.2) is 19.6 Å². The van der Waals surface area contributed by atoms with E-state index in [1.165, 1.54) is 25.0 Å². The Bertz CT molecular complexity index is 589. The third-order valence-corrected chi connectivity index (χ3v) is 4.76. The molecule has 1 aliphatic carbocycles. The van der Waals surface area contributed by atoms with Crippen LogP contribution in [0.4, 0.5) is 5.69 Å². The monoisotopic (exact) mass is 283 g/mol. The second-order valence-corrected chi connectivity index (χ2v) is 7.17. The van der Waals surface area contributed by atoms with Gasteiger partial charge in [0.05, 0.1) is 4.92 Å². The van der Waals surface area contributed by atoms with Gasteiger partial charge in [0.2, 0.25) is 0 Å². The van der Waals surface area contributed by atoms with Gasteiger partial charge in [0, 0.05) is 12.3 Å². The Morgan fingerprint density at radius 2 is 1.95 bits per heavy atom. The van der Waals surface area contributed by atoms with E-state index in [0.717, 1.165) is 31.1 Å². The quantitative estimate of drug-likeness (QED) is 0.628. The minimum Gasteiger partial charge on any atom is -0.258 e. The van der Waals surface area contributed by atoms with Crippen molar-refractivity contribution >= 4 is 15.5 Å². The van der Waals surface area contributed by atoms with Gasteiger partial charge >= 0.3 is 0 Å². The summed E-state index contributed by atoms with van der Waals surface area (Å²) in [5.74, 6) is 0.573. The molecular formula is C13H17NO4S. The summed E-state index contributed by atoms with van der Waals surface area (Å²) < 4.78 is 23.0. The Morgan fingerprint density at radius 3 is 2.47 bits per heavy atom. The molecule has 104 valence electrons. The van der Waals surface area contributed by atoms with Crippen molar-refractivity contribution in [1.29, 1.82) is 0 Å². The summed E-state index contributed by atoms with van der Waals surface area (Å²) in [6.07, 6.45) is 6.53. The van der Waals surface area contributed by atoms with Gasteiger partial charge in [-0.25, -0.2) is 8.42 Å². The first-order valence-electron chi connectivity index (χ1n) is 6.35. The summed E-state index contributed by atoms with van der Waals surface area (Å²) in [5.41, 5.74) is 0.545. The lowest BCUT2D eigenvalue weighted by Gasteiger charge is -2.09. The predicted molar refractivity (Wildman–Crippen MR) is 71.9 cm³/mol. The van der Waals surface area contributed by atoms with Crippen LogP contribution in [-0.2, 0) is 16.3 Å². The molecule has 1 fully saturated rings. The van der Waals surface area contributed by atoms with E-state index in [2.05, 4.69) is 0 Å². The van der Waals surface area contributed by atoms with Crippen LogP contribution in [0.25, 0.3) is 0 Å². The average Bonchev–Trinajstić information content (AvgIpc) is 2.80. The SMILES string of the molecule is CS(=O)(=O)c1ccc(CC2CCCC2)cc1[N+](=O)[O-]. The maximum absolute atomic E-state index is 11.5. The van der Waals surface area contributed by atoms with Gasteiger partial charge in [-0.15, -0.1) is 0 Å². The third-order valence-electron chi connectivity index (χ3n) is 3.62. The fraction of sp³-hybridized carbons (Fsp3) is 0.538. The van der Waals surface area contributed by atoms with Gasteiger partial charge in [0.1, 0.15) is 4.90 Å². The van der Waals surface area contributed by atoms with Crippen LogP contribution < -0.4 is 0 Å². The second kappa shape index (κ2) is 5.28. The number of sulfone groups is 1. The minimum absolute atomic E-state index is 0.201. The van der Waals surface area contributed by atoms with Crippen LogP contribution in [0.3, 0.4) is 0 Å². The number of nitro benzene ring substituents is 1. The van der Waals surface area contributed by atoms with Crippen LogP contribution in [0.2, 0.25) is 0 Å². The number of rotatable bonds is 4. The first kappa shape index (κ1) is 14.0. The van der Waals surface area contributed by atoms with Gasteiger partial charge in [0.15, 0.2) is 9.84 Å². The third kappa shape index (κ3) is 3.32. The molecule has 1 aromatic carbocycles. The normalized spacial score (nSPS) is 16.7. The second-order valence-electron chi connectivity index (χ2n) is 5.19. The van der Waals surface area contributed by atoms with Crippen molar-refractivity contribution in [2.75, 3.05) is 6.26 Å². The zero-order valence-electron chi connectivity index (χ0n) is 10.8. The number of benzene rings is 1. The number of hydrogen-bond acceptors (Lipinski definition) is 4. The summed E-state index contributed by atoms with van der Waals surface area (Å²) in [7, 11) is -3.56. The standard InChI is InChI=1S/C13H17NO4S/c1-19(17,18)13-7-6-11(9-12(13)14(15)16)8-10-4-2-3-5-10/h6-7,9-10H,2-5,8H2,1H3. The fourth-order valence-electron chi connectivity index (χ4n) is 2.69. The van der Waals surface area contributed by atoms with Crippen LogP contribution in [0.1, 0.15) is 31.2 Å². The Kier molecular flexibility index (Phi) is 3.89. The highest BCUT2D eigenvalue weighted by atomic mass is 32.2. The zero-order chi connectivity index (χ0) is 14.0. The van der Waals surface area contributed by atoms with Crippen molar-refractivity contribution in [3.63, 3.8) is 0 Å². The molecule has 0 aromatic heterocycles. The molecule has 0 radical (unpaired) electrons. The van der Waals surface area contributed by atoms with E-state index in [1.54, 1.807) is 6.07 Å². The summed E-state index contributed by atoms with van der Waals surface area (Å²) in [4.78, 5) is 10.2. The Balaban J connectivity index is 2.33. The smallest absolute Gasteiger partial charge is 0.258 e. The van der Waals surface area contributed by atoms with Gasteiger partial charge in [-0.2, -0.15) is 0 Å². The molecule has 2 rings (SSSR count). The molecule has 1 saturated carbocycles. The van der Waals surface area contributed by atoms with E-state index < -0.39 is 14.8 Å². The number of nitro groups is 1. The van der Waals surface area contributed by atoms with Crippen LogP contribution in [0.15, 0.2) is 23.1 Å². The van der Waals surface area contributed by atoms with E-state index in [-0.39, 0.29) is 10.6 Å². The van der Waals surface area contributed by atoms with Crippen molar-refractivity contribution in [3.05, 3.63) is 33.9 Å². The summed E-state index contributed by atoms with van der Waals surface area (Å²) in [6, 6.07) is 4.47. The van der Waals surface area contributed by atoms with Crippen LogP contribution in [0.5, 0.6) is 0 Å². The first-order chi connectivity index (χ1) is 8.88. The van der Waals surface area contributed by atoms with Crippen molar-refractivity contribution in [3.8, 4) is 0 Å². The van der Waals surface area contributed by atoms with E-state index in [4.69, 9.17) is 0 Å². The molecule has 0 atom stereocenters. The molecule has 0 unspecified atom stereocenters. The zero-order valence-corrected chi connectivity index (χ0v) is 11.6. The molecule has 0 spiro atoms. The lowest BCUT2D eigenvalue weighted by atomic mass is 9.98. The molecule has 5 nitrogen and oxygen atoms in total. The summed E-state index contributed by atoms with van der Waals surface area (Å²) in [5, 5.41) is 11.0. The summed E-state index contributed by atoms with van der Waals surface area (Å²) in [6.45, 7) is 0. The topological polar surface area (TPSA) is 77.3 Å². The largest absolute Gasteiger partial charge is 0.288 e. The summed E-state index contributed by atoms with van der Waals surface area (Å²) >= 11 is 0. The van der Waals surface area contributed by atoms with E-state index >= 15 is 0 Å². The lowest BCUT2D eigenvalue weighted by Crippen LogP contribution is -2.05. The van der Waals surface area contributed by atoms with Crippen molar-refractivity contribution in [1.82, 2.24) is 0 Å². The maximum Gasteiger partial charge on any atom is 0.288 e. The van der Waals surface area contributed by atoms with Gasteiger partial charge in [0.25, 0.3) is 5.69 Å². The molecule has 1 aromatic rings. The molecule has 0 saturated heterocycles. The molecule has 0 aliphatic heterocycles. The fourth-order valence-corrected chi connectivity index (χ4v) is 3.52.